The predicted octanol–water partition coefficient (Wildman–Crippen LogP) is 2.64. The Hall–Kier alpha value is -2.90. The fraction of sp³-hybridized carbons (Fsp3) is 0.450. The first kappa shape index (κ1) is 18.5. The van der Waals surface area contributed by atoms with Gasteiger partial charge in [-0.3, -0.25) is 9.59 Å². The number of piperidine rings is 1. The molecule has 7 nitrogen and oxygen atoms in total. The van der Waals surface area contributed by atoms with Crippen molar-refractivity contribution in [1.82, 2.24) is 15.4 Å². The number of phenols is 1. The van der Waals surface area contributed by atoms with Crippen LogP contribution in [-0.4, -0.2) is 46.1 Å². The Morgan fingerprint density at radius 2 is 2.04 bits per heavy atom. The van der Waals surface area contributed by atoms with Gasteiger partial charge >= 0.3 is 0 Å². The lowest BCUT2D eigenvalue weighted by molar-refractivity contribution is 0.00859. The molecule has 1 spiro atoms. The summed E-state index contributed by atoms with van der Waals surface area (Å²) in [4.78, 5) is 26.6. The van der Waals surface area contributed by atoms with Crippen molar-refractivity contribution in [3.63, 3.8) is 0 Å². The number of aromatic nitrogens is 1. The van der Waals surface area contributed by atoms with Crippen LogP contribution in [0, 0.1) is 18.2 Å². The first-order valence-corrected chi connectivity index (χ1v) is 9.36. The molecule has 1 aliphatic carbocycles. The van der Waals surface area contributed by atoms with E-state index in [1.165, 1.54) is 18.4 Å². The van der Waals surface area contributed by atoms with Crippen LogP contribution in [0.4, 0.5) is 4.39 Å². The number of aromatic hydroxyl groups is 1. The number of amides is 2. The molecule has 1 aromatic heterocycles. The summed E-state index contributed by atoms with van der Waals surface area (Å²) >= 11 is 0. The van der Waals surface area contributed by atoms with Crippen molar-refractivity contribution in [2.24, 2.45) is 5.41 Å². The van der Waals surface area contributed by atoms with Crippen LogP contribution >= 0.6 is 0 Å². The molecule has 0 radical (unpaired) electrons. The van der Waals surface area contributed by atoms with Crippen LogP contribution in [0.2, 0.25) is 0 Å². The standard InChI is InChI=1S/C20H22FN3O4/c1-12-15(11-28-23-12)19(27)24-6-4-20(5-7-24)9-14(10-20)22-18(26)13-2-3-17(25)16(21)8-13/h2-3,8,11,14,25H,4-7,9-10H2,1H3,(H,22,26). The lowest BCUT2D eigenvalue weighted by atomic mass is 9.60. The number of hydrogen-bond acceptors (Lipinski definition) is 5. The van der Waals surface area contributed by atoms with Gasteiger partial charge in [0, 0.05) is 24.7 Å². The van der Waals surface area contributed by atoms with Crippen LogP contribution < -0.4 is 5.32 Å². The van der Waals surface area contributed by atoms with Gasteiger partial charge in [-0.15, -0.1) is 0 Å². The van der Waals surface area contributed by atoms with E-state index in [-0.39, 0.29) is 28.8 Å². The fourth-order valence-corrected chi connectivity index (χ4v) is 4.27. The molecule has 0 unspecified atom stereocenters. The minimum Gasteiger partial charge on any atom is -0.505 e. The van der Waals surface area contributed by atoms with Crippen molar-refractivity contribution in [2.45, 2.75) is 38.6 Å². The van der Waals surface area contributed by atoms with E-state index in [0.29, 0.717) is 24.3 Å². The second-order valence-corrected chi connectivity index (χ2v) is 7.85. The van der Waals surface area contributed by atoms with Crippen molar-refractivity contribution >= 4 is 11.8 Å². The Bertz CT molecular complexity index is 910. The highest BCUT2D eigenvalue weighted by atomic mass is 19.1. The fourth-order valence-electron chi connectivity index (χ4n) is 4.27. The topological polar surface area (TPSA) is 95.7 Å². The number of aryl methyl sites for hydroxylation is 1. The molecule has 1 aromatic carbocycles. The molecular formula is C20H22FN3O4. The highest BCUT2D eigenvalue weighted by Gasteiger charge is 2.47. The van der Waals surface area contributed by atoms with E-state index in [1.54, 1.807) is 6.92 Å². The number of nitrogens with zero attached hydrogens (tertiary/aromatic N) is 2. The van der Waals surface area contributed by atoms with E-state index >= 15 is 0 Å². The third-order valence-corrected chi connectivity index (χ3v) is 6.00. The number of nitrogens with one attached hydrogen (secondary N) is 1. The van der Waals surface area contributed by atoms with Gasteiger partial charge in [0.05, 0.1) is 5.69 Å². The lowest BCUT2D eigenvalue weighted by Gasteiger charge is -2.52. The maximum atomic E-state index is 13.4. The Morgan fingerprint density at radius 3 is 2.64 bits per heavy atom. The molecule has 0 atom stereocenters. The van der Waals surface area contributed by atoms with Crippen molar-refractivity contribution in [2.75, 3.05) is 13.1 Å². The number of halogens is 1. The van der Waals surface area contributed by atoms with Crippen molar-refractivity contribution in [3.8, 4) is 5.75 Å². The Balaban J connectivity index is 1.28. The van der Waals surface area contributed by atoms with Gasteiger partial charge < -0.3 is 19.8 Å². The molecule has 2 heterocycles. The molecular weight excluding hydrogens is 365 g/mol. The van der Waals surface area contributed by atoms with Crippen LogP contribution in [0.15, 0.2) is 29.0 Å². The molecule has 148 valence electrons. The van der Waals surface area contributed by atoms with Gasteiger partial charge in [0.15, 0.2) is 11.6 Å². The lowest BCUT2D eigenvalue weighted by Crippen LogP contribution is -2.55. The molecule has 2 amide bonds. The minimum atomic E-state index is -0.808. The number of hydrogen-bond donors (Lipinski definition) is 2. The summed E-state index contributed by atoms with van der Waals surface area (Å²) in [5.74, 6) is -1.67. The third kappa shape index (κ3) is 3.34. The summed E-state index contributed by atoms with van der Waals surface area (Å²) in [6.45, 7) is 3.10. The smallest absolute Gasteiger partial charge is 0.259 e. The molecule has 1 saturated heterocycles. The molecule has 1 aliphatic heterocycles. The molecule has 2 aromatic rings. The number of benzene rings is 1. The Labute approximate surface area is 161 Å². The second-order valence-electron chi connectivity index (χ2n) is 7.85. The van der Waals surface area contributed by atoms with Gasteiger partial charge in [-0.2, -0.15) is 0 Å². The number of carbonyl (C=O) groups is 2. The Kier molecular flexibility index (Phi) is 4.56. The Morgan fingerprint density at radius 1 is 1.32 bits per heavy atom. The summed E-state index contributed by atoms with van der Waals surface area (Å²) in [6, 6.07) is 3.66. The third-order valence-electron chi connectivity index (χ3n) is 6.00. The molecule has 1 saturated carbocycles. The van der Waals surface area contributed by atoms with Crippen LogP contribution in [0.25, 0.3) is 0 Å². The summed E-state index contributed by atoms with van der Waals surface area (Å²) < 4.78 is 18.3. The van der Waals surface area contributed by atoms with Crippen LogP contribution in [0.3, 0.4) is 0 Å². The van der Waals surface area contributed by atoms with Gasteiger partial charge in [-0.05, 0) is 56.2 Å². The van der Waals surface area contributed by atoms with Gasteiger partial charge in [0.25, 0.3) is 11.8 Å². The molecule has 28 heavy (non-hydrogen) atoms. The van der Waals surface area contributed by atoms with E-state index in [1.807, 2.05) is 4.90 Å². The van der Waals surface area contributed by atoms with Gasteiger partial charge in [0.2, 0.25) is 0 Å². The molecule has 4 rings (SSSR count). The van der Waals surface area contributed by atoms with Gasteiger partial charge in [-0.1, -0.05) is 5.16 Å². The zero-order chi connectivity index (χ0) is 19.9. The van der Waals surface area contributed by atoms with E-state index in [9.17, 15) is 19.1 Å². The number of carbonyl (C=O) groups excluding carboxylic acids is 2. The van der Waals surface area contributed by atoms with Crippen molar-refractivity contribution < 1.29 is 23.6 Å². The number of likely N-dealkylation sites (tertiary alicyclic amines) is 1. The maximum Gasteiger partial charge on any atom is 0.259 e. The van der Waals surface area contributed by atoms with E-state index in [2.05, 4.69) is 10.5 Å². The molecule has 2 N–H and O–H groups in total. The van der Waals surface area contributed by atoms with Crippen molar-refractivity contribution in [3.05, 3.63) is 47.1 Å². The van der Waals surface area contributed by atoms with Gasteiger partial charge in [-0.25, -0.2) is 4.39 Å². The quantitative estimate of drug-likeness (QED) is 0.844. The largest absolute Gasteiger partial charge is 0.505 e. The van der Waals surface area contributed by atoms with Crippen LogP contribution in [-0.2, 0) is 0 Å². The van der Waals surface area contributed by atoms with Gasteiger partial charge in [0.1, 0.15) is 11.8 Å². The minimum absolute atomic E-state index is 0.0481. The van der Waals surface area contributed by atoms with E-state index in [4.69, 9.17) is 4.52 Å². The number of phenolic OH excluding ortho intramolecular Hbond substituents is 1. The number of rotatable bonds is 3. The summed E-state index contributed by atoms with van der Waals surface area (Å²) in [5.41, 5.74) is 1.46. The first-order valence-electron chi connectivity index (χ1n) is 9.36. The monoisotopic (exact) mass is 387 g/mol. The zero-order valence-electron chi connectivity index (χ0n) is 15.6. The van der Waals surface area contributed by atoms with Crippen LogP contribution in [0.1, 0.15) is 52.1 Å². The highest BCUT2D eigenvalue weighted by Crippen LogP contribution is 2.49. The molecule has 0 bridgehead atoms. The SMILES string of the molecule is Cc1nocc1C(=O)N1CCC2(CC1)CC(NC(=O)c1ccc(O)c(F)c1)C2. The summed E-state index contributed by atoms with van der Waals surface area (Å²) in [6.07, 6.45) is 4.89. The van der Waals surface area contributed by atoms with E-state index in [0.717, 1.165) is 31.7 Å². The zero-order valence-corrected chi connectivity index (χ0v) is 15.6. The average Bonchev–Trinajstić information content (AvgIpc) is 3.08. The molecule has 8 heteroatoms. The maximum absolute atomic E-state index is 13.4. The first-order chi connectivity index (χ1) is 13.4. The van der Waals surface area contributed by atoms with Crippen LogP contribution in [0.5, 0.6) is 5.75 Å². The molecule has 2 fully saturated rings. The highest BCUT2D eigenvalue weighted by molar-refractivity contribution is 5.95. The van der Waals surface area contributed by atoms with E-state index < -0.39 is 11.6 Å². The average molecular weight is 387 g/mol. The summed E-state index contributed by atoms with van der Waals surface area (Å²) in [5, 5.41) is 15.9. The normalized spacial score (nSPS) is 18.7. The predicted molar refractivity (Wildman–Crippen MR) is 97.4 cm³/mol. The van der Waals surface area contributed by atoms with Crippen molar-refractivity contribution in [1.29, 1.82) is 0 Å². The molecule has 2 aliphatic rings. The summed E-state index contributed by atoms with van der Waals surface area (Å²) in [7, 11) is 0. The second kappa shape index (κ2) is 6.92.